The number of anilines is 2. The molecule has 0 radical (unpaired) electrons. The molecule has 34 heavy (non-hydrogen) atoms. The van der Waals surface area contributed by atoms with E-state index in [4.69, 9.17) is 28.9 Å². The molecule has 0 atom stereocenters. The number of carbonyl (C=O) groups is 1. The van der Waals surface area contributed by atoms with Gasteiger partial charge in [0.05, 0.1) is 26.8 Å². The Balaban J connectivity index is 0.00000274. The average molecular weight is 515 g/mol. The number of halogens is 3. The highest BCUT2D eigenvalue weighted by molar-refractivity contribution is 6.37. The number of pyridine rings is 1. The maximum atomic E-state index is 13.1. The highest BCUT2D eigenvalue weighted by Gasteiger charge is 2.32. The smallest absolute Gasteiger partial charge is 0.169 e. The van der Waals surface area contributed by atoms with Crippen molar-refractivity contribution in [2.24, 2.45) is 11.7 Å². The normalized spacial score (nSPS) is 12.9. The van der Waals surface area contributed by atoms with Gasteiger partial charge in [-0.2, -0.15) is 0 Å². The molecule has 1 saturated carbocycles. The van der Waals surface area contributed by atoms with Crippen LogP contribution in [0, 0.1) is 5.92 Å². The summed E-state index contributed by atoms with van der Waals surface area (Å²) in [6, 6.07) is 16.9. The van der Waals surface area contributed by atoms with Crippen LogP contribution in [-0.2, 0) is 6.54 Å². The molecule has 5 rings (SSSR count). The Bertz CT molecular complexity index is 1360. The number of carbonyl (C=O) groups excluding carboxylic acids is 1. The van der Waals surface area contributed by atoms with E-state index in [-0.39, 0.29) is 39.9 Å². The molecule has 0 spiro atoms. The SMILES string of the molecule is Cl.NCc1ccc(Nc2c(C(=O)C3CC3)cnc3ccc(-c4cc(Cl)c(O)c(Cl)c4)cc23)cc1. The first kappa shape index (κ1) is 24.3. The van der Waals surface area contributed by atoms with Crippen molar-refractivity contribution in [1.29, 1.82) is 0 Å². The van der Waals surface area contributed by atoms with Crippen molar-refractivity contribution in [1.82, 2.24) is 4.98 Å². The molecule has 1 aliphatic rings. The number of ketones is 1. The lowest BCUT2D eigenvalue weighted by Crippen LogP contribution is -2.07. The number of nitrogens with two attached hydrogens (primary N) is 1. The molecule has 1 heterocycles. The Labute approximate surface area is 213 Å². The summed E-state index contributed by atoms with van der Waals surface area (Å²) in [7, 11) is 0. The maximum Gasteiger partial charge on any atom is 0.169 e. The number of aromatic nitrogens is 1. The summed E-state index contributed by atoms with van der Waals surface area (Å²) < 4.78 is 0. The van der Waals surface area contributed by atoms with Gasteiger partial charge in [0.1, 0.15) is 0 Å². The van der Waals surface area contributed by atoms with Crippen molar-refractivity contribution in [2.75, 3.05) is 5.32 Å². The van der Waals surface area contributed by atoms with Crippen molar-refractivity contribution < 1.29 is 9.90 Å². The van der Waals surface area contributed by atoms with Crippen LogP contribution in [0.15, 0.2) is 60.8 Å². The van der Waals surface area contributed by atoms with Crippen LogP contribution in [-0.4, -0.2) is 15.9 Å². The summed E-state index contributed by atoms with van der Waals surface area (Å²) in [5.41, 5.74) is 11.2. The van der Waals surface area contributed by atoms with Gasteiger partial charge in [0, 0.05) is 29.7 Å². The van der Waals surface area contributed by atoms with Crippen LogP contribution in [0.3, 0.4) is 0 Å². The Morgan fingerprint density at radius 2 is 1.71 bits per heavy atom. The second-order valence-corrected chi connectivity index (χ2v) is 9.05. The topological polar surface area (TPSA) is 88.2 Å². The zero-order valence-electron chi connectivity index (χ0n) is 18.0. The number of rotatable bonds is 6. The molecular formula is C26H22Cl3N3O2. The zero-order valence-corrected chi connectivity index (χ0v) is 20.3. The highest BCUT2D eigenvalue weighted by Crippen LogP contribution is 2.40. The summed E-state index contributed by atoms with van der Waals surface area (Å²) in [6.45, 7) is 0.463. The first-order chi connectivity index (χ1) is 15.9. The number of hydrogen-bond donors (Lipinski definition) is 3. The molecule has 1 aromatic heterocycles. The summed E-state index contributed by atoms with van der Waals surface area (Å²) >= 11 is 12.3. The number of benzene rings is 3. The largest absolute Gasteiger partial charge is 0.505 e. The van der Waals surface area contributed by atoms with E-state index in [2.05, 4.69) is 10.3 Å². The van der Waals surface area contributed by atoms with Gasteiger partial charge in [-0.15, -0.1) is 12.4 Å². The van der Waals surface area contributed by atoms with Gasteiger partial charge in [0.2, 0.25) is 0 Å². The molecule has 1 aliphatic carbocycles. The van der Waals surface area contributed by atoms with Gasteiger partial charge in [0.25, 0.3) is 0 Å². The average Bonchev–Trinajstić information content (AvgIpc) is 3.68. The molecule has 174 valence electrons. The van der Waals surface area contributed by atoms with Gasteiger partial charge in [-0.1, -0.05) is 41.4 Å². The number of phenols is 1. The zero-order chi connectivity index (χ0) is 23.1. The molecular weight excluding hydrogens is 493 g/mol. The van der Waals surface area contributed by atoms with E-state index < -0.39 is 0 Å². The summed E-state index contributed by atoms with van der Waals surface area (Å²) in [4.78, 5) is 17.6. The third kappa shape index (κ3) is 4.70. The minimum Gasteiger partial charge on any atom is -0.505 e. The van der Waals surface area contributed by atoms with E-state index in [1.807, 2.05) is 42.5 Å². The Kier molecular flexibility index (Phi) is 7.01. The van der Waals surface area contributed by atoms with Crippen molar-refractivity contribution in [3.8, 4) is 16.9 Å². The molecule has 0 bridgehead atoms. The second kappa shape index (κ2) is 9.80. The Hall–Kier alpha value is -2.83. The van der Waals surface area contributed by atoms with Gasteiger partial charge >= 0.3 is 0 Å². The minimum atomic E-state index is -0.148. The third-order valence-corrected chi connectivity index (χ3v) is 6.47. The van der Waals surface area contributed by atoms with E-state index in [1.54, 1.807) is 18.3 Å². The number of nitrogens with one attached hydrogen (secondary N) is 1. The number of Topliss-reactive ketones (excluding diaryl/α,β-unsaturated/α-hetero) is 1. The maximum absolute atomic E-state index is 13.1. The number of phenolic OH excluding ortho intramolecular Hbond substituents is 1. The number of hydrogen-bond acceptors (Lipinski definition) is 5. The lowest BCUT2D eigenvalue weighted by molar-refractivity contribution is 0.0968. The number of fused-ring (bicyclic) bond motifs is 1. The van der Waals surface area contributed by atoms with Gasteiger partial charge in [0.15, 0.2) is 11.5 Å². The second-order valence-electron chi connectivity index (χ2n) is 8.23. The molecule has 0 saturated heterocycles. The number of nitrogens with zero attached hydrogens (tertiary/aromatic N) is 1. The van der Waals surface area contributed by atoms with Crippen molar-refractivity contribution >= 4 is 63.7 Å². The quantitative estimate of drug-likeness (QED) is 0.238. The predicted octanol–water partition coefficient (Wildman–Crippen LogP) is 7.13. The summed E-state index contributed by atoms with van der Waals surface area (Å²) in [5, 5.41) is 14.5. The Morgan fingerprint density at radius 3 is 2.32 bits per heavy atom. The highest BCUT2D eigenvalue weighted by atomic mass is 35.5. The fourth-order valence-electron chi connectivity index (χ4n) is 3.86. The van der Waals surface area contributed by atoms with E-state index in [1.165, 1.54) is 0 Å². The Morgan fingerprint density at radius 1 is 1.03 bits per heavy atom. The van der Waals surface area contributed by atoms with Gasteiger partial charge in [-0.25, -0.2) is 0 Å². The molecule has 1 fully saturated rings. The molecule has 0 aliphatic heterocycles. The van der Waals surface area contributed by atoms with Crippen LogP contribution in [0.4, 0.5) is 11.4 Å². The molecule has 4 N–H and O–H groups in total. The predicted molar refractivity (Wildman–Crippen MR) is 141 cm³/mol. The standard InChI is InChI=1S/C26H21Cl2N3O2.ClH/c27-21-10-17(11-22(28)26(21)33)16-5-8-23-19(9-16)24(20(13-30-23)25(32)15-3-4-15)31-18-6-1-14(12-29)2-7-18;/h1-2,5-11,13,15,33H,3-4,12,29H2,(H,30,31);1H. The lowest BCUT2D eigenvalue weighted by Gasteiger charge is -2.16. The third-order valence-electron chi connectivity index (χ3n) is 5.89. The van der Waals surface area contributed by atoms with Gasteiger partial charge in [-0.3, -0.25) is 9.78 Å². The van der Waals surface area contributed by atoms with E-state index in [0.717, 1.165) is 51.8 Å². The van der Waals surface area contributed by atoms with Crippen LogP contribution in [0.25, 0.3) is 22.0 Å². The first-order valence-electron chi connectivity index (χ1n) is 10.7. The summed E-state index contributed by atoms with van der Waals surface area (Å²) in [5.74, 6) is 0.0130. The van der Waals surface area contributed by atoms with E-state index in [9.17, 15) is 9.90 Å². The van der Waals surface area contributed by atoms with Crippen LogP contribution in [0.1, 0.15) is 28.8 Å². The van der Waals surface area contributed by atoms with Crippen molar-refractivity contribution in [3.05, 3.63) is 82.0 Å². The molecule has 4 aromatic rings. The molecule has 8 heteroatoms. The van der Waals surface area contributed by atoms with E-state index in [0.29, 0.717) is 12.1 Å². The first-order valence-corrected chi connectivity index (χ1v) is 11.4. The molecule has 5 nitrogen and oxygen atoms in total. The molecule has 3 aromatic carbocycles. The fraction of sp³-hybridized carbons (Fsp3) is 0.154. The summed E-state index contributed by atoms with van der Waals surface area (Å²) in [6.07, 6.45) is 3.48. The lowest BCUT2D eigenvalue weighted by atomic mass is 9.98. The number of aromatic hydroxyl groups is 1. The van der Waals surface area contributed by atoms with Crippen molar-refractivity contribution in [2.45, 2.75) is 19.4 Å². The van der Waals surface area contributed by atoms with Crippen molar-refractivity contribution in [3.63, 3.8) is 0 Å². The van der Waals surface area contributed by atoms with E-state index >= 15 is 0 Å². The van der Waals surface area contributed by atoms with Crippen LogP contribution in [0.2, 0.25) is 10.0 Å². The van der Waals surface area contributed by atoms with Crippen LogP contribution in [0.5, 0.6) is 5.75 Å². The van der Waals surface area contributed by atoms with Crippen LogP contribution >= 0.6 is 35.6 Å². The molecule has 0 unspecified atom stereocenters. The minimum absolute atomic E-state index is 0. The van der Waals surface area contributed by atoms with Gasteiger partial charge < -0.3 is 16.2 Å². The van der Waals surface area contributed by atoms with Crippen LogP contribution < -0.4 is 11.1 Å². The monoisotopic (exact) mass is 513 g/mol. The molecule has 0 amide bonds. The fourth-order valence-corrected chi connectivity index (χ4v) is 4.35. The van der Waals surface area contributed by atoms with Gasteiger partial charge in [-0.05, 0) is 65.9 Å².